The van der Waals surface area contributed by atoms with Gasteiger partial charge in [-0.3, -0.25) is 0 Å². The average Bonchev–Trinajstić information content (AvgIpc) is 3.23. The van der Waals surface area contributed by atoms with Crippen molar-refractivity contribution in [2.24, 2.45) is 0 Å². The molecule has 2 N–H and O–H groups in total. The van der Waals surface area contributed by atoms with Crippen LogP contribution in [0.4, 0.5) is 11.9 Å². The van der Waals surface area contributed by atoms with E-state index in [0.29, 0.717) is 5.92 Å². The number of fused-ring (bicyclic) bond motifs is 1. The molecule has 2 fully saturated rings. The molecule has 1 atom stereocenters. The molecule has 0 radical (unpaired) electrons. The predicted molar refractivity (Wildman–Crippen MR) is 127 cm³/mol. The van der Waals surface area contributed by atoms with Gasteiger partial charge in [0.2, 0.25) is 11.9 Å². The van der Waals surface area contributed by atoms with Gasteiger partial charge in [-0.25, -0.2) is 0 Å². The Bertz CT molecular complexity index is 1100. The highest BCUT2D eigenvalue weighted by Gasteiger charge is 2.46. The smallest absolute Gasteiger partial charge is 0.231 e. The molecule has 0 unspecified atom stereocenters. The molecule has 2 saturated heterocycles. The first-order valence-corrected chi connectivity index (χ1v) is 11.7. The Labute approximate surface area is 189 Å². The molecule has 2 aromatic heterocycles. The molecule has 170 valence electrons. The molecule has 8 heteroatoms. The quantitative estimate of drug-likeness (QED) is 0.610. The van der Waals surface area contributed by atoms with Gasteiger partial charge in [-0.15, -0.1) is 0 Å². The van der Waals surface area contributed by atoms with Crippen molar-refractivity contribution in [3.63, 3.8) is 0 Å². The van der Waals surface area contributed by atoms with E-state index in [-0.39, 0.29) is 11.6 Å². The van der Waals surface area contributed by atoms with Crippen molar-refractivity contribution >= 4 is 17.5 Å². The number of rotatable bonds is 6. The SMILES string of the molecule is COc1cccc([C@H](C)Nc2nc(N3CCC34CCNCC4)nc3c(C(C)C)cnn23)c1. The van der Waals surface area contributed by atoms with E-state index in [1.165, 1.54) is 6.42 Å². The second-order valence-corrected chi connectivity index (χ2v) is 9.36. The van der Waals surface area contributed by atoms with Gasteiger partial charge in [0.25, 0.3) is 0 Å². The standard InChI is InChI=1S/C24H33N7O/c1-16(2)20-15-26-31-21(20)28-22(30-13-10-24(30)8-11-25-12-9-24)29-23(31)27-17(3)18-6-5-7-19(14-18)32-4/h5-7,14-17,25H,8-13H2,1-4H3,(H,27,28,29)/t17-/m0/s1. The van der Waals surface area contributed by atoms with Crippen LogP contribution in [0.25, 0.3) is 5.65 Å². The van der Waals surface area contributed by atoms with Crippen LogP contribution in [0.15, 0.2) is 30.5 Å². The molecular weight excluding hydrogens is 402 g/mol. The number of methoxy groups -OCH3 is 1. The van der Waals surface area contributed by atoms with E-state index in [2.05, 4.69) is 53.5 Å². The van der Waals surface area contributed by atoms with Gasteiger partial charge in [0, 0.05) is 17.6 Å². The molecular formula is C24H33N7O. The maximum Gasteiger partial charge on any atom is 0.231 e. The Hall–Kier alpha value is -2.87. The third-order valence-corrected chi connectivity index (χ3v) is 7.09. The zero-order valence-electron chi connectivity index (χ0n) is 19.4. The largest absolute Gasteiger partial charge is 0.497 e. The lowest BCUT2D eigenvalue weighted by Crippen LogP contribution is -2.64. The summed E-state index contributed by atoms with van der Waals surface area (Å²) in [6.45, 7) is 9.62. The summed E-state index contributed by atoms with van der Waals surface area (Å²) in [5, 5.41) is 11.7. The van der Waals surface area contributed by atoms with Crippen LogP contribution in [0.1, 0.15) is 63.1 Å². The molecule has 4 heterocycles. The van der Waals surface area contributed by atoms with Crippen molar-refractivity contribution in [3.05, 3.63) is 41.6 Å². The molecule has 1 aromatic carbocycles. The van der Waals surface area contributed by atoms with Crippen LogP contribution >= 0.6 is 0 Å². The van der Waals surface area contributed by atoms with Gasteiger partial charge in [0.15, 0.2) is 5.65 Å². The number of nitrogens with one attached hydrogen (secondary N) is 2. The number of hydrogen-bond donors (Lipinski definition) is 2. The van der Waals surface area contributed by atoms with E-state index in [4.69, 9.17) is 14.7 Å². The van der Waals surface area contributed by atoms with E-state index < -0.39 is 0 Å². The Morgan fingerprint density at radius 3 is 2.62 bits per heavy atom. The minimum absolute atomic E-state index is 0.0342. The summed E-state index contributed by atoms with van der Waals surface area (Å²) in [7, 11) is 1.69. The predicted octanol–water partition coefficient (Wildman–Crippen LogP) is 3.76. The van der Waals surface area contributed by atoms with Crippen LogP contribution in [-0.2, 0) is 0 Å². The first kappa shape index (κ1) is 21.0. The lowest BCUT2D eigenvalue weighted by molar-refractivity contribution is 0.202. The van der Waals surface area contributed by atoms with Gasteiger partial charge < -0.3 is 20.3 Å². The average molecular weight is 436 g/mol. The Morgan fingerprint density at radius 1 is 1.12 bits per heavy atom. The summed E-state index contributed by atoms with van der Waals surface area (Å²) in [6, 6.07) is 8.16. The third-order valence-electron chi connectivity index (χ3n) is 7.09. The van der Waals surface area contributed by atoms with Crippen molar-refractivity contribution in [1.29, 1.82) is 0 Å². The summed E-state index contributed by atoms with van der Waals surface area (Å²) in [5.41, 5.74) is 3.36. The number of nitrogens with zero attached hydrogens (tertiary/aromatic N) is 5. The first-order chi connectivity index (χ1) is 15.5. The second kappa shape index (κ2) is 8.24. The van der Waals surface area contributed by atoms with Crippen LogP contribution in [0.3, 0.4) is 0 Å². The topological polar surface area (TPSA) is 79.6 Å². The van der Waals surface area contributed by atoms with Crippen LogP contribution < -0.4 is 20.3 Å². The van der Waals surface area contributed by atoms with E-state index in [9.17, 15) is 0 Å². The molecule has 3 aromatic rings. The molecule has 1 spiro atoms. The van der Waals surface area contributed by atoms with Gasteiger partial charge in [0.05, 0.1) is 19.3 Å². The van der Waals surface area contributed by atoms with E-state index in [0.717, 1.165) is 66.9 Å². The highest BCUT2D eigenvalue weighted by molar-refractivity contribution is 5.58. The highest BCUT2D eigenvalue weighted by Crippen LogP contribution is 2.41. The zero-order valence-corrected chi connectivity index (χ0v) is 19.4. The molecule has 0 saturated carbocycles. The number of benzene rings is 1. The maximum atomic E-state index is 5.41. The van der Waals surface area contributed by atoms with Crippen molar-refractivity contribution in [3.8, 4) is 5.75 Å². The number of ether oxygens (including phenoxy) is 1. The summed E-state index contributed by atoms with van der Waals surface area (Å²) in [6.07, 6.45) is 5.42. The van der Waals surface area contributed by atoms with Crippen LogP contribution in [-0.4, -0.2) is 51.9 Å². The summed E-state index contributed by atoms with van der Waals surface area (Å²) < 4.78 is 7.26. The van der Waals surface area contributed by atoms with Gasteiger partial charge in [-0.1, -0.05) is 26.0 Å². The van der Waals surface area contributed by atoms with Crippen LogP contribution in [0.2, 0.25) is 0 Å². The number of aromatic nitrogens is 4. The van der Waals surface area contributed by atoms with Gasteiger partial charge in [-0.05, 0) is 62.9 Å². The Kier molecular flexibility index (Phi) is 5.41. The molecule has 5 rings (SSSR count). The minimum atomic E-state index is 0.0342. The fraction of sp³-hybridized carbons (Fsp3) is 0.542. The molecule has 0 amide bonds. The van der Waals surface area contributed by atoms with E-state index >= 15 is 0 Å². The van der Waals surface area contributed by atoms with E-state index in [1.54, 1.807) is 7.11 Å². The number of piperidine rings is 1. The van der Waals surface area contributed by atoms with Crippen molar-refractivity contribution in [2.45, 2.75) is 57.5 Å². The van der Waals surface area contributed by atoms with Gasteiger partial charge in [0.1, 0.15) is 5.75 Å². The normalized spacial score (nSPS) is 18.7. The zero-order chi connectivity index (χ0) is 22.3. The van der Waals surface area contributed by atoms with Crippen LogP contribution in [0, 0.1) is 0 Å². The Morgan fingerprint density at radius 2 is 1.94 bits per heavy atom. The molecule has 32 heavy (non-hydrogen) atoms. The van der Waals surface area contributed by atoms with Crippen molar-refractivity contribution in [1.82, 2.24) is 24.9 Å². The van der Waals surface area contributed by atoms with Crippen molar-refractivity contribution < 1.29 is 4.74 Å². The summed E-state index contributed by atoms with van der Waals surface area (Å²) >= 11 is 0. The fourth-order valence-electron chi connectivity index (χ4n) is 4.96. The number of anilines is 2. The minimum Gasteiger partial charge on any atom is -0.497 e. The first-order valence-electron chi connectivity index (χ1n) is 11.7. The molecule has 2 aliphatic heterocycles. The molecule has 2 aliphatic rings. The molecule has 8 nitrogen and oxygen atoms in total. The highest BCUT2D eigenvalue weighted by atomic mass is 16.5. The lowest BCUT2D eigenvalue weighted by atomic mass is 9.77. The Balaban J connectivity index is 1.54. The molecule has 0 aliphatic carbocycles. The van der Waals surface area contributed by atoms with E-state index in [1.807, 2.05) is 22.8 Å². The molecule has 0 bridgehead atoms. The summed E-state index contributed by atoms with van der Waals surface area (Å²) in [4.78, 5) is 12.5. The maximum absolute atomic E-state index is 5.41. The number of hydrogen-bond acceptors (Lipinski definition) is 7. The van der Waals surface area contributed by atoms with Crippen LogP contribution in [0.5, 0.6) is 5.75 Å². The van der Waals surface area contributed by atoms with Crippen molar-refractivity contribution in [2.75, 3.05) is 37.0 Å². The monoisotopic (exact) mass is 435 g/mol. The third kappa shape index (κ3) is 3.56. The van der Waals surface area contributed by atoms with Gasteiger partial charge in [-0.2, -0.15) is 19.6 Å². The lowest BCUT2D eigenvalue weighted by Gasteiger charge is -2.55. The summed E-state index contributed by atoms with van der Waals surface area (Å²) in [5.74, 6) is 2.72. The fourth-order valence-corrected chi connectivity index (χ4v) is 4.96. The second-order valence-electron chi connectivity index (χ2n) is 9.36. The van der Waals surface area contributed by atoms with Gasteiger partial charge >= 0.3 is 0 Å².